The Morgan fingerprint density at radius 1 is 1.24 bits per heavy atom. The molecule has 6 heteroatoms. The highest BCUT2D eigenvalue weighted by Crippen LogP contribution is 2.26. The first-order valence-electron chi connectivity index (χ1n) is 7.33. The monoisotopic (exact) mass is 284 g/mol. The van der Waals surface area contributed by atoms with Gasteiger partial charge < -0.3 is 10.2 Å². The molecule has 0 saturated heterocycles. The summed E-state index contributed by atoms with van der Waals surface area (Å²) in [4.78, 5) is 19.8. The molecular formula is C15H20N6. The summed E-state index contributed by atoms with van der Waals surface area (Å²) in [5.74, 6) is 2.68. The molecule has 3 rings (SSSR count). The van der Waals surface area contributed by atoms with E-state index in [0.717, 1.165) is 42.7 Å². The summed E-state index contributed by atoms with van der Waals surface area (Å²) in [6.07, 6.45) is 4.41. The van der Waals surface area contributed by atoms with E-state index in [2.05, 4.69) is 50.9 Å². The fourth-order valence-electron chi connectivity index (χ4n) is 2.42. The molecule has 2 aromatic heterocycles. The Morgan fingerprint density at radius 3 is 2.86 bits per heavy atom. The third kappa shape index (κ3) is 2.94. The maximum Gasteiger partial charge on any atom is 0.134 e. The van der Waals surface area contributed by atoms with E-state index in [-0.39, 0.29) is 0 Å². The number of hydrogen-bond donors (Lipinski definition) is 1. The van der Waals surface area contributed by atoms with Crippen molar-refractivity contribution in [1.29, 1.82) is 0 Å². The van der Waals surface area contributed by atoms with E-state index in [4.69, 9.17) is 0 Å². The maximum atomic E-state index is 4.61. The van der Waals surface area contributed by atoms with Gasteiger partial charge >= 0.3 is 0 Å². The van der Waals surface area contributed by atoms with E-state index >= 15 is 0 Å². The largest absolute Gasteiger partial charge is 0.368 e. The van der Waals surface area contributed by atoms with Crippen molar-refractivity contribution in [3.05, 3.63) is 35.7 Å². The highest BCUT2D eigenvalue weighted by atomic mass is 15.2. The minimum atomic E-state index is 0.349. The van der Waals surface area contributed by atoms with Crippen LogP contribution in [0.25, 0.3) is 0 Å². The van der Waals surface area contributed by atoms with Crippen molar-refractivity contribution in [2.24, 2.45) is 0 Å². The van der Waals surface area contributed by atoms with E-state index in [1.807, 2.05) is 12.3 Å². The van der Waals surface area contributed by atoms with Gasteiger partial charge in [0.25, 0.3) is 0 Å². The second-order valence-corrected chi connectivity index (χ2v) is 5.53. The zero-order valence-electron chi connectivity index (χ0n) is 12.7. The molecule has 3 heterocycles. The molecular weight excluding hydrogens is 264 g/mol. The number of aryl methyl sites for hydroxylation is 1. The molecule has 110 valence electrons. The minimum absolute atomic E-state index is 0.349. The second kappa shape index (κ2) is 5.63. The van der Waals surface area contributed by atoms with Crippen molar-refractivity contribution in [3.63, 3.8) is 0 Å². The van der Waals surface area contributed by atoms with Crippen molar-refractivity contribution in [2.75, 3.05) is 10.2 Å². The Kier molecular flexibility index (Phi) is 3.68. The van der Waals surface area contributed by atoms with Crippen LogP contribution >= 0.6 is 0 Å². The van der Waals surface area contributed by atoms with Crippen molar-refractivity contribution >= 4 is 11.6 Å². The summed E-state index contributed by atoms with van der Waals surface area (Å²) in [5.41, 5.74) is 2.29. The zero-order valence-corrected chi connectivity index (χ0v) is 12.7. The maximum absolute atomic E-state index is 4.61. The summed E-state index contributed by atoms with van der Waals surface area (Å²) in [5, 5.41) is 3.30. The van der Waals surface area contributed by atoms with Gasteiger partial charge in [-0.05, 0) is 13.8 Å². The first-order valence-corrected chi connectivity index (χ1v) is 7.33. The summed E-state index contributed by atoms with van der Waals surface area (Å²) in [6, 6.07) is 2.33. The summed E-state index contributed by atoms with van der Waals surface area (Å²) in [7, 11) is 0. The normalized spacial score (nSPS) is 13.6. The standard InChI is InChI=1S/C15H20N6/c1-4-13-16-6-11-7-21(8-12(11)20-13)15-5-14(17-9-18-15)19-10(2)3/h5-6,9-10H,4,7-8H2,1-3H3,(H,17,18,19). The molecule has 0 saturated carbocycles. The van der Waals surface area contributed by atoms with Crippen molar-refractivity contribution < 1.29 is 0 Å². The molecule has 1 aliphatic heterocycles. The second-order valence-electron chi connectivity index (χ2n) is 5.53. The van der Waals surface area contributed by atoms with Gasteiger partial charge in [-0.3, -0.25) is 0 Å². The van der Waals surface area contributed by atoms with E-state index in [1.165, 1.54) is 5.56 Å². The van der Waals surface area contributed by atoms with Crippen LogP contribution in [-0.2, 0) is 19.5 Å². The Morgan fingerprint density at radius 2 is 2.10 bits per heavy atom. The van der Waals surface area contributed by atoms with Crippen LogP contribution in [0.3, 0.4) is 0 Å². The van der Waals surface area contributed by atoms with Gasteiger partial charge in [0.15, 0.2) is 0 Å². The molecule has 6 nitrogen and oxygen atoms in total. The van der Waals surface area contributed by atoms with Crippen LogP contribution in [0.5, 0.6) is 0 Å². The minimum Gasteiger partial charge on any atom is -0.368 e. The van der Waals surface area contributed by atoms with Gasteiger partial charge in [-0.2, -0.15) is 0 Å². The van der Waals surface area contributed by atoms with E-state index < -0.39 is 0 Å². The topological polar surface area (TPSA) is 66.8 Å². The molecule has 0 amide bonds. The van der Waals surface area contributed by atoms with Crippen LogP contribution in [0.2, 0.25) is 0 Å². The number of hydrogen-bond acceptors (Lipinski definition) is 6. The molecule has 1 aliphatic rings. The van der Waals surface area contributed by atoms with Crippen LogP contribution in [0.4, 0.5) is 11.6 Å². The molecule has 0 unspecified atom stereocenters. The average molecular weight is 284 g/mol. The van der Waals surface area contributed by atoms with E-state index in [9.17, 15) is 0 Å². The van der Waals surface area contributed by atoms with Crippen LogP contribution in [0.15, 0.2) is 18.6 Å². The quantitative estimate of drug-likeness (QED) is 0.928. The Labute approximate surface area is 124 Å². The highest BCUT2D eigenvalue weighted by molar-refractivity contribution is 5.51. The van der Waals surface area contributed by atoms with Crippen LogP contribution in [-0.4, -0.2) is 26.0 Å². The lowest BCUT2D eigenvalue weighted by molar-refractivity contribution is 0.833. The van der Waals surface area contributed by atoms with Crippen LogP contribution in [0.1, 0.15) is 37.9 Å². The molecule has 0 aliphatic carbocycles. The first-order chi connectivity index (χ1) is 10.2. The van der Waals surface area contributed by atoms with Gasteiger partial charge in [0, 0.05) is 36.8 Å². The van der Waals surface area contributed by atoms with Crippen molar-refractivity contribution in [3.8, 4) is 0 Å². The Balaban J connectivity index is 1.80. The summed E-state index contributed by atoms with van der Waals surface area (Å²) in [6.45, 7) is 7.84. The highest BCUT2D eigenvalue weighted by Gasteiger charge is 2.22. The average Bonchev–Trinajstić information content (AvgIpc) is 2.89. The lowest BCUT2D eigenvalue weighted by Crippen LogP contribution is -2.17. The fraction of sp³-hybridized carbons (Fsp3) is 0.467. The van der Waals surface area contributed by atoms with Gasteiger partial charge in [0.2, 0.25) is 0 Å². The van der Waals surface area contributed by atoms with Gasteiger partial charge in [-0.1, -0.05) is 6.92 Å². The number of aromatic nitrogens is 4. The molecule has 0 fully saturated rings. The van der Waals surface area contributed by atoms with Gasteiger partial charge in [0.05, 0.1) is 12.2 Å². The van der Waals surface area contributed by atoms with E-state index in [0.29, 0.717) is 6.04 Å². The Bertz CT molecular complexity index is 640. The lowest BCUT2D eigenvalue weighted by Gasteiger charge is -2.17. The third-order valence-corrected chi connectivity index (χ3v) is 3.44. The lowest BCUT2D eigenvalue weighted by atomic mass is 10.3. The third-order valence-electron chi connectivity index (χ3n) is 3.44. The van der Waals surface area contributed by atoms with Gasteiger partial charge in [-0.25, -0.2) is 19.9 Å². The number of rotatable bonds is 4. The number of fused-ring (bicyclic) bond motifs is 1. The Hall–Kier alpha value is -2.24. The van der Waals surface area contributed by atoms with E-state index in [1.54, 1.807) is 6.33 Å². The van der Waals surface area contributed by atoms with Crippen LogP contribution < -0.4 is 10.2 Å². The smallest absolute Gasteiger partial charge is 0.134 e. The summed E-state index contributed by atoms with van der Waals surface area (Å²) >= 11 is 0. The predicted molar refractivity (Wildman–Crippen MR) is 82.1 cm³/mol. The molecule has 1 N–H and O–H groups in total. The predicted octanol–water partition coefficient (Wildman–Crippen LogP) is 2.17. The van der Waals surface area contributed by atoms with Gasteiger partial charge in [-0.15, -0.1) is 0 Å². The van der Waals surface area contributed by atoms with Crippen molar-refractivity contribution in [1.82, 2.24) is 19.9 Å². The van der Waals surface area contributed by atoms with Crippen molar-refractivity contribution in [2.45, 2.75) is 46.3 Å². The van der Waals surface area contributed by atoms with Crippen LogP contribution in [0, 0.1) is 0 Å². The molecule has 21 heavy (non-hydrogen) atoms. The molecule has 0 radical (unpaired) electrons. The number of nitrogens with zero attached hydrogens (tertiary/aromatic N) is 5. The molecule has 2 aromatic rings. The molecule has 0 aromatic carbocycles. The fourth-order valence-corrected chi connectivity index (χ4v) is 2.42. The molecule has 0 spiro atoms. The zero-order chi connectivity index (χ0) is 14.8. The first kappa shape index (κ1) is 13.7. The number of nitrogens with one attached hydrogen (secondary N) is 1. The molecule has 0 bridgehead atoms. The summed E-state index contributed by atoms with van der Waals surface area (Å²) < 4.78 is 0. The molecule has 0 atom stereocenters. The number of anilines is 2. The van der Waals surface area contributed by atoms with Gasteiger partial charge in [0.1, 0.15) is 23.8 Å². The SMILES string of the molecule is CCc1ncc2c(n1)CN(c1cc(NC(C)C)ncn1)C2.